The first kappa shape index (κ1) is 20.5. The van der Waals surface area contributed by atoms with Gasteiger partial charge < -0.3 is 19.4 Å². The molecular weight excluding hydrogens is 371 g/mol. The normalized spacial score (nSPS) is 17.9. The fourth-order valence-electron chi connectivity index (χ4n) is 3.62. The third-order valence-corrected chi connectivity index (χ3v) is 5.13. The zero-order valence-corrected chi connectivity index (χ0v) is 16.3. The summed E-state index contributed by atoms with van der Waals surface area (Å²) in [7, 11) is 3.22. The van der Waals surface area contributed by atoms with Crippen molar-refractivity contribution in [1.29, 1.82) is 0 Å². The minimum atomic E-state index is -4.38. The standard InChI is InChI=1S/C20H26F3N3O2/c1-13(8-14-4-6-16(27-2)17(9-14)28-3)24-10-15-5-7-19-25-18(20(21,22)23)12-26(19)11-15/h4,6,9,12-13,15,24H,5,7-8,10-11H2,1-3H3/t13-,15-/m0/s1. The molecule has 2 aromatic rings. The van der Waals surface area contributed by atoms with Crippen molar-refractivity contribution in [2.45, 2.75) is 44.9 Å². The molecule has 154 valence electrons. The number of methoxy groups -OCH3 is 2. The number of hydrogen-bond acceptors (Lipinski definition) is 4. The van der Waals surface area contributed by atoms with E-state index in [2.05, 4.69) is 17.2 Å². The number of alkyl halides is 3. The van der Waals surface area contributed by atoms with E-state index in [1.807, 2.05) is 18.2 Å². The summed E-state index contributed by atoms with van der Waals surface area (Å²) < 4.78 is 50.7. The van der Waals surface area contributed by atoms with Crippen LogP contribution in [0.25, 0.3) is 0 Å². The Labute approximate surface area is 162 Å². The lowest BCUT2D eigenvalue weighted by atomic mass is 9.98. The molecule has 28 heavy (non-hydrogen) atoms. The number of ether oxygens (including phenoxy) is 2. The smallest absolute Gasteiger partial charge is 0.434 e. The number of halogens is 3. The second-order valence-corrected chi connectivity index (χ2v) is 7.30. The molecule has 2 atom stereocenters. The van der Waals surface area contributed by atoms with Crippen LogP contribution in [-0.4, -0.2) is 36.4 Å². The average molecular weight is 397 g/mol. The van der Waals surface area contributed by atoms with Crippen LogP contribution < -0.4 is 14.8 Å². The van der Waals surface area contributed by atoms with Crippen molar-refractivity contribution in [3.63, 3.8) is 0 Å². The van der Waals surface area contributed by atoms with Crippen molar-refractivity contribution >= 4 is 0 Å². The van der Waals surface area contributed by atoms with Crippen molar-refractivity contribution in [2.75, 3.05) is 20.8 Å². The molecule has 0 spiro atoms. The SMILES string of the molecule is COc1ccc(C[C@H](C)NC[C@@H]2CCc3nc(C(F)(F)F)cn3C2)cc1OC. The molecule has 0 radical (unpaired) electrons. The Kier molecular flexibility index (Phi) is 6.17. The molecule has 0 amide bonds. The summed E-state index contributed by atoms with van der Waals surface area (Å²) >= 11 is 0. The molecule has 0 unspecified atom stereocenters. The highest BCUT2D eigenvalue weighted by Gasteiger charge is 2.35. The van der Waals surface area contributed by atoms with Gasteiger partial charge in [-0.05, 0) is 49.9 Å². The van der Waals surface area contributed by atoms with Gasteiger partial charge in [0, 0.05) is 25.2 Å². The van der Waals surface area contributed by atoms with Gasteiger partial charge in [-0.1, -0.05) is 6.07 Å². The molecule has 0 fully saturated rings. The lowest BCUT2D eigenvalue weighted by molar-refractivity contribution is -0.141. The fraction of sp³-hybridized carbons (Fsp3) is 0.550. The number of benzene rings is 1. The highest BCUT2D eigenvalue weighted by Crippen LogP contribution is 2.31. The first-order valence-corrected chi connectivity index (χ1v) is 9.37. The number of aromatic nitrogens is 2. The zero-order valence-electron chi connectivity index (χ0n) is 16.3. The summed E-state index contributed by atoms with van der Waals surface area (Å²) in [5.74, 6) is 2.22. The molecule has 0 aliphatic carbocycles. The Morgan fingerprint density at radius 2 is 2.00 bits per heavy atom. The van der Waals surface area contributed by atoms with E-state index in [1.165, 1.54) is 0 Å². The predicted molar refractivity (Wildman–Crippen MR) is 99.8 cm³/mol. The number of hydrogen-bond donors (Lipinski definition) is 1. The van der Waals surface area contributed by atoms with Crippen molar-refractivity contribution in [3.05, 3.63) is 41.5 Å². The Hall–Kier alpha value is -2.22. The molecule has 1 aliphatic rings. The summed E-state index contributed by atoms with van der Waals surface area (Å²) in [5.41, 5.74) is 0.339. The van der Waals surface area contributed by atoms with Crippen LogP contribution in [0.4, 0.5) is 13.2 Å². The van der Waals surface area contributed by atoms with E-state index in [4.69, 9.17) is 9.47 Å². The third kappa shape index (κ3) is 4.79. The molecule has 0 bridgehead atoms. The lowest BCUT2D eigenvalue weighted by Crippen LogP contribution is -2.36. The second kappa shape index (κ2) is 8.43. The van der Waals surface area contributed by atoms with E-state index < -0.39 is 11.9 Å². The van der Waals surface area contributed by atoms with E-state index in [9.17, 15) is 13.2 Å². The Bertz CT molecular complexity index is 804. The van der Waals surface area contributed by atoms with Crippen LogP contribution in [0, 0.1) is 5.92 Å². The molecule has 1 N–H and O–H groups in total. The number of aryl methyl sites for hydroxylation is 1. The molecule has 5 nitrogen and oxygen atoms in total. The number of nitrogens with one attached hydrogen (secondary N) is 1. The number of imidazole rings is 1. The maximum Gasteiger partial charge on any atom is 0.434 e. The summed E-state index contributed by atoms with van der Waals surface area (Å²) in [6, 6.07) is 6.10. The van der Waals surface area contributed by atoms with E-state index in [-0.39, 0.29) is 12.0 Å². The summed E-state index contributed by atoms with van der Waals surface area (Å²) in [4.78, 5) is 3.73. The highest BCUT2D eigenvalue weighted by atomic mass is 19.4. The summed E-state index contributed by atoms with van der Waals surface area (Å²) in [6.07, 6.45) is -1.01. The quantitative estimate of drug-likeness (QED) is 0.774. The van der Waals surface area contributed by atoms with E-state index in [1.54, 1.807) is 18.8 Å². The van der Waals surface area contributed by atoms with E-state index >= 15 is 0 Å². The van der Waals surface area contributed by atoms with Crippen molar-refractivity contribution in [3.8, 4) is 11.5 Å². The summed E-state index contributed by atoms with van der Waals surface area (Å²) in [5, 5.41) is 3.51. The first-order chi connectivity index (χ1) is 13.3. The van der Waals surface area contributed by atoms with Gasteiger partial charge in [0.05, 0.1) is 14.2 Å². The van der Waals surface area contributed by atoms with Crippen LogP contribution in [0.2, 0.25) is 0 Å². The topological polar surface area (TPSA) is 48.3 Å². The highest BCUT2D eigenvalue weighted by molar-refractivity contribution is 5.43. The molecule has 1 aromatic carbocycles. The van der Waals surface area contributed by atoms with E-state index in [0.717, 1.165) is 31.1 Å². The minimum absolute atomic E-state index is 0.230. The molecule has 0 saturated heterocycles. The average Bonchev–Trinajstić information content (AvgIpc) is 3.10. The minimum Gasteiger partial charge on any atom is -0.493 e. The Morgan fingerprint density at radius 1 is 1.25 bits per heavy atom. The van der Waals surface area contributed by atoms with E-state index in [0.29, 0.717) is 30.3 Å². The van der Waals surface area contributed by atoms with Gasteiger partial charge >= 0.3 is 6.18 Å². The van der Waals surface area contributed by atoms with Crippen LogP contribution in [0.15, 0.2) is 24.4 Å². The van der Waals surface area contributed by atoms with Crippen LogP contribution >= 0.6 is 0 Å². The molecule has 3 rings (SSSR count). The molecule has 2 heterocycles. The summed E-state index contributed by atoms with van der Waals surface area (Å²) in [6.45, 7) is 3.42. The number of nitrogens with zero attached hydrogens (tertiary/aromatic N) is 2. The maximum absolute atomic E-state index is 12.8. The third-order valence-electron chi connectivity index (χ3n) is 5.13. The van der Waals surface area contributed by atoms with Gasteiger partial charge in [-0.3, -0.25) is 0 Å². The van der Waals surface area contributed by atoms with Gasteiger partial charge in [-0.25, -0.2) is 4.98 Å². The van der Waals surface area contributed by atoms with Gasteiger partial charge in [-0.2, -0.15) is 13.2 Å². The Balaban J connectivity index is 1.53. The molecule has 1 aromatic heterocycles. The molecular formula is C20H26F3N3O2. The van der Waals surface area contributed by atoms with Crippen molar-refractivity contribution < 1.29 is 22.6 Å². The lowest BCUT2D eigenvalue weighted by Gasteiger charge is -2.25. The van der Waals surface area contributed by atoms with Crippen LogP contribution in [0.3, 0.4) is 0 Å². The van der Waals surface area contributed by atoms with Gasteiger partial charge in [0.2, 0.25) is 0 Å². The van der Waals surface area contributed by atoms with Crippen LogP contribution in [0.5, 0.6) is 11.5 Å². The predicted octanol–water partition coefficient (Wildman–Crippen LogP) is 3.70. The maximum atomic E-state index is 12.8. The first-order valence-electron chi connectivity index (χ1n) is 9.37. The van der Waals surface area contributed by atoms with Crippen LogP contribution in [-0.2, 0) is 25.6 Å². The van der Waals surface area contributed by atoms with Crippen molar-refractivity contribution in [2.24, 2.45) is 5.92 Å². The molecule has 8 heteroatoms. The Morgan fingerprint density at radius 3 is 2.68 bits per heavy atom. The van der Waals surface area contributed by atoms with Crippen LogP contribution in [0.1, 0.15) is 30.4 Å². The zero-order chi connectivity index (χ0) is 20.3. The van der Waals surface area contributed by atoms with Gasteiger partial charge in [0.1, 0.15) is 5.82 Å². The monoisotopic (exact) mass is 397 g/mol. The number of fused-ring (bicyclic) bond motifs is 1. The van der Waals surface area contributed by atoms with Gasteiger partial charge in [-0.15, -0.1) is 0 Å². The fourth-order valence-corrected chi connectivity index (χ4v) is 3.62. The van der Waals surface area contributed by atoms with Crippen molar-refractivity contribution in [1.82, 2.24) is 14.9 Å². The molecule has 0 saturated carbocycles. The molecule has 1 aliphatic heterocycles. The number of rotatable bonds is 7. The largest absolute Gasteiger partial charge is 0.493 e. The van der Waals surface area contributed by atoms with Gasteiger partial charge in [0.15, 0.2) is 17.2 Å². The van der Waals surface area contributed by atoms with Gasteiger partial charge in [0.25, 0.3) is 0 Å². The second-order valence-electron chi connectivity index (χ2n) is 7.30.